The molecule has 0 unspecified atom stereocenters. The number of hydrogen-bond donors (Lipinski definition) is 2. The van der Waals surface area contributed by atoms with Crippen LogP contribution in [0.25, 0.3) is 0 Å². The van der Waals surface area contributed by atoms with Crippen LogP contribution in [0.2, 0.25) is 0 Å². The summed E-state index contributed by atoms with van der Waals surface area (Å²) >= 11 is 1.74. The Morgan fingerprint density at radius 1 is 1.25 bits per heavy atom. The van der Waals surface area contributed by atoms with Crippen LogP contribution in [-0.4, -0.2) is 29.0 Å². The smallest absolute Gasteiger partial charge is 0.191 e. The van der Waals surface area contributed by atoms with Crippen molar-refractivity contribution in [1.29, 1.82) is 0 Å². The summed E-state index contributed by atoms with van der Waals surface area (Å²) in [6.07, 6.45) is 2.69. The van der Waals surface area contributed by atoms with Gasteiger partial charge in [-0.3, -0.25) is 4.98 Å². The fourth-order valence-electron chi connectivity index (χ4n) is 2.01. The Morgan fingerprint density at radius 3 is 2.71 bits per heavy atom. The van der Waals surface area contributed by atoms with Crippen molar-refractivity contribution < 1.29 is 0 Å². The minimum absolute atomic E-state index is 0. The Bertz CT molecular complexity index is 612. The number of aromatic nitrogens is 2. The van der Waals surface area contributed by atoms with Gasteiger partial charge in [0.25, 0.3) is 0 Å². The minimum atomic E-state index is 0. The van der Waals surface area contributed by atoms with Gasteiger partial charge < -0.3 is 10.6 Å². The largest absolute Gasteiger partial charge is 0.357 e. The highest BCUT2D eigenvalue weighted by molar-refractivity contribution is 14.0. The zero-order valence-electron chi connectivity index (χ0n) is 14.5. The van der Waals surface area contributed by atoms with Gasteiger partial charge in [0.2, 0.25) is 0 Å². The van der Waals surface area contributed by atoms with E-state index in [1.165, 1.54) is 5.01 Å². The number of aliphatic imine (C=N–C) groups is 1. The normalized spacial score (nSPS) is 11.2. The van der Waals surface area contributed by atoms with Gasteiger partial charge in [0.15, 0.2) is 5.96 Å². The predicted octanol–water partition coefficient (Wildman–Crippen LogP) is 3.58. The molecular formula is C17H26IN5S. The van der Waals surface area contributed by atoms with Crippen LogP contribution in [0.3, 0.4) is 0 Å². The Morgan fingerprint density at radius 2 is 2.08 bits per heavy atom. The second-order valence-electron chi connectivity index (χ2n) is 5.52. The zero-order chi connectivity index (χ0) is 16.5. The van der Waals surface area contributed by atoms with Gasteiger partial charge in [-0.2, -0.15) is 0 Å². The lowest BCUT2D eigenvalue weighted by molar-refractivity contribution is 0.778. The third-order valence-corrected chi connectivity index (χ3v) is 4.40. The van der Waals surface area contributed by atoms with E-state index >= 15 is 0 Å². The van der Waals surface area contributed by atoms with Gasteiger partial charge in [0.1, 0.15) is 0 Å². The molecule has 2 heterocycles. The van der Waals surface area contributed by atoms with Crippen LogP contribution < -0.4 is 10.6 Å². The Labute approximate surface area is 165 Å². The molecule has 0 atom stereocenters. The first-order chi connectivity index (χ1) is 11.2. The van der Waals surface area contributed by atoms with Crippen molar-refractivity contribution >= 4 is 41.3 Å². The number of rotatable bonds is 7. The number of pyridine rings is 1. The number of nitrogens with one attached hydrogen (secondary N) is 2. The molecule has 0 fully saturated rings. The van der Waals surface area contributed by atoms with E-state index in [0.717, 1.165) is 36.9 Å². The van der Waals surface area contributed by atoms with Crippen molar-refractivity contribution in [3.63, 3.8) is 0 Å². The molecule has 0 saturated heterocycles. The van der Waals surface area contributed by atoms with Crippen LogP contribution in [0.5, 0.6) is 0 Å². The second-order valence-corrected chi connectivity index (χ2v) is 6.41. The van der Waals surface area contributed by atoms with Crippen LogP contribution in [0.1, 0.15) is 43.1 Å². The van der Waals surface area contributed by atoms with E-state index < -0.39 is 0 Å². The van der Waals surface area contributed by atoms with Crippen LogP contribution in [0.15, 0.2) is 34.8 Å². The third-order valence-electron chi connectivity index (χ3n) is 3.21. The zero-order valence-corrected chi connectivity index (χ0v) is 17.6. The third kappa shape index (κ3) is 7.12. The maximum absolute atomic E-state index is 4.65. The molecule has 5 nitrogen and oxygen atoms in total. The van der Waals surface area contributed by atoms with Gasteiger partial charge in [-0.25, -0.2) is 9.98 Å². The number of guanidine groups is 1. The lowest BCUT2D eigenvalue weighted by atomic mass is 10.2. The average Bonchev–Trinajstić information content (AvgIpc) is 3.03. The second kappa shape index (κ2) is 11.4. The average molecular weight is 459 g/mol. The van der Waals surface area contributed by atoms with Gasteiger partial charge in [-0.15, -0.1) is 35.3 Å². The first-order valence-corrected chi connectivity index (χ1v) is 8.93. The Kier molecular flexibility index (Phi) is 9.85. The van der Waals surface area contributed by atoms with Crippen LogP contribution in [0.4, 0.5) is 0 Å². The lowest BCUT2D eigenvalue weighted by Crippen LogP contribution is -2.38. The lowest BCUT2D eigenvalue weighted by Gasteiger charge is -2.10. The van der Waals surface area contributed by atoms with Crippen molar-refractivity contribution in [2.75, 3.05) is 13.1 Å². The summed E-state index contributed by atoms with van der Waals surface area (Å²) in [6.45, 7) is 8.64. The van der Waals surface area contributed by atoms with E-state index in [9.17, 15) is 0 Å². The topological polar surface area (TPSA) is 62.2 Å². The van der Waals surface area contributed by atoms with E-state index in [0.29, 0.717) is 12.5 Å². The van der Waals surface area contributed by atoms with Crippen LogP contribution in [0, 0.1) is 0 Å². The SMILES string of the molecule is CCNC(=NCc1ccccn1)NCCc1csc(C(C)C)n1.I. The molecule has 0 spiro atoms. The molecule has 7 heteroatoms. The Balaban J connectivity index is 0.00000288. The standard InChI is InChI=1S/C17H25N5S.HI/c1-4-18-17(21-11-14-7-5-6-9-19-14)20-10-8-15-12-23-16(22-15)13(2)3;/h5-7,9,12-13H,4,8,10-11H2,1-3H3,(H2,18,20,21);1H. The van der Waals surface area contributed by atoms with E-state index in [4.69, 9.17) is 0 Å². The number of halogens is 1. The van der Waals surface area contributed by atoms with Gasteiger partial charge in [-0.05, 0) is 19.1 Å². The van der Waals surface area contributed by atoms with Crippen molar-refractivity contribution in [2.24, 2.45) is 4.99 Å². The molecule has 2 N–H and O–H groups in total. The molecule has 0 aliphatic rings. The Hall–Kier alpha value is -1.22. The molecule has 2 aromatic rings. The predicted molar refractivity (Wildman–Crippen MR) is 112 cm³/mol. The van der Waals surface area contributed by atoms with E-state index in [-0.39, 0.29) is 24.0 Å². The van der Waals surface area contributed by atoms with Crippen LogP contribution >= 0.6 is 35.3 Å². The van der Waals surface area contributed by atoms with Crippen molar-refractivity contribution in [2.45, 2.75) is 39.7 Å². The first kappa shape index (κ1) is 20.8. The summed E-state index contributed by atoms with van der Waals surface area (Å²) in [6, 6.07) is 5.87. The molecule has 2 rings (SSSR count). The highest BCUT2D eigenvalue weighted by Crippen LogP contribution is 2.19. The first-order valence-electron chi connectivity index (χ1n) is 8.05. The molecule has 0 saturated carbocycles. The molecule has 0 aliphatic carbocycles. The van der Waals surface area contributed by atoms with Crippen LogP contribution in [-0.2, 0) is 13.0 Å². The van der Waals surface area contributed by atoms with Gasteiger partial charge in [0, 0.05) is 37.0 Å². The quantitative estimate of drug-likeness (QED) is 0.378. The molecular weight excluding hydrogens is 433 g/mol. The van der Waals surface area contributed by atoms with Crippen molar-refractivity contribution in [1.82, 2.24) is 20.6 Å². The minimum Gasteiger partial charge on any atom is -0.357 e. The summed E-state index contributed by atoms with van der Waals surface area (Å²) < 4.78 is 0. The van der Waals surface area contributed by atoms with E-state index in [2.05, 4.69) is 51.7 Å². The molecule has 132 valence electrons. The summed E-state index contributed by atoms with van der Waals surface area (Å²) in [7, 11) is 0. The molecule has 2 aromatic heterocycles. The van der Waals surface area contributed by atoms with Crippen molar-refractivity contribution in [3.8, 4) is 0 Å². The molecule has 0 bridgehead atoms. The molecule has 0 aromatic carbocycles. The van der Waals surface area contributed by atoms with E-state index in [1.54, 1.807) is 17.5 Å². The number of nitrogens with zero attached hydrogens (tertiary/aromatic N) is 3. The highest BCUT2D eigenvalue weighted by atomic mass is 127. The van der Waals surface area contributed by atoms with Gasteiger partial charge in [-0.1, -0.05) is 19.9 Å². The molecule has 0 aliphatic heterocycles. The number of hydrogen-bond acceptors (Lipinski definition) is 4. The van der Waals surface area contributed by atoms with Gasteiger partial charge in [0.05, 0.1) is 22.9 Å². The van der Waals surface area contributed by atoms with E-state index in [1.807, 2.05) is 18.2 Å². The summed E-state index contributed by atoms with van der Waals surface area (Å²) in [5.41, 5.74) is 2.11. The molecule has 0 radical (unpaired) electrons. The van der Waals surface area contributed by atoms with Gasteiger partial charge >= 0.3 is 0 Å². The van der Waals surface area contributed by atoms with Crippen molar-refractivity contribution in [3.05, 3.63) is 46.2 Å². The fraction of sp³-hybridized carbons (Fsp3) is 0.471. The fourth-order valence-corrected chi connectivity index (χ4v) is 2.87. The molecule has 0 amide bonds. The maximum atomic E-state index is 4.65. The highest BCUT2D eigenvalue weighted by Gasteiger charge is 2.06. The molecule has 24 heavy (non-hydrogen) atoms. The summed E-state index contributed by atoms with van der Waals surface area (Å²) in [5, 5.41) is 9.96. The summed E-state index contributed by atoms with van der Waals surface area (Å²) in [4.78, 5) is 13.5. The maximum Gasteiger partial charge on any atom is 0.191 e. The number of thiazole rings is 1. The summed E-state index contributed by atoms with van der Waals surface area (Å²) in [5.74, 6) is 1.32. The monoisotopic (exact) mass is 459 g/mol.